The van der Waals surface area contributed by atoms with Crippen LogP contribution in [0.3, 0.4) is 0 Å². The molecule has 1 heterocycles. The van der Waals surface area contributed by atoms with Crippen LogP contribution in [0.15, 0.2) is 10.5 Å². The number of aryl methyl sites for hydroxylation is 1. The number of carboxylic acid groups (broad SMARTS) is 1. The molecule has 0 spiro atoms. The summed E-state index contributed by atoms with van der Waals surface area (Å²) in [5, 5.41) is 8.93. The third-order valence-electron chi connectivity index (χ3n) is 2.79. The highest BCUT2D eigenvalue weighted by molar-refractivity contribution is 5.88. The van der Waals surface area contributed by atoms with Crippen molar-refractivity contribution < 1.29 is 23.8 Å². The first kappa shape index (κ1) is 16.2. The summed E-state index contributed by atoms with van der Waals surface area (Å²) in [6.45, 7) is 6.03. The summed E-state index contributed by atoms with van der Waals surface area (Å²) in [6, 6.07) is 1.45. The van der Waals surface area contributed by atoms with Gasteiger partial charge in [-0.2, -0.15) is 0 Å². The molecule has 6 heteroatoms. The highest BCUT2D eigenvalue weighted by atomic mass is 16.5. The molecule has 1 amide bonds. The van der Waals surface area contributed by atoms with Gasteiger partial charge in [-0.15, -0.1) is 0 Å². The molecule has 0 atom stereocenters. The van der Waals surface area contributed by atoms with Gasteiger partial charge < -0.3 is 19.2 Å². The maximum absolute atomic E-state index is 11.8. The number of amides is 1. The number of carbonyl (C=O) groups is 2. The quantitative estimate of drug-likeness (QED) is 0.828. The van der Waals surface area contributed by atoms with Crippen LogP contribution in [0.25, 0.3) is 0 Å². The molecule has 1 N–H and O–H groups in total. The summed E-state index contributed by atoms with van der Waals surface area (Å²) in [5.74, 6) is -0.301. The maximum Gasteiger partial charge on any atom is 0.339 e. The van der Waals surface area contributed by atoms with Gasteiger partial charge in [0.25, 0.3) is 0 Å². The SMILES string of the molecule is Cc1oc(CN(C)C(=O)CCOC(C)C)cc1C(=O)O. The van der Waals surface area contributed by atoms with Crippen molar-refractivity contribution >= 4 is 11.9 Å². The Kier molecular flexibility index (Phi) is 5.76. The molecule has 0 fully saturated rings. The van der Waals surface area contributed by atoms with Crippen molar-refractivity contribution in [3.8, 4) is 0 Å². The Hall–Kier alpha value is -1.82. The van der Waals surface area contributed by atoms with E-state index in [1.165, 1.54) is 11.0 Å². The first-order chi connectivity index (χ1) is 9.31. The van der Waals surface area contributed by atoms with Crippen LogP contribution in [0, 0.1) is 6.92 Å². The molecule has 1 aromatic rings. The molecule has 1 rings (SSSR count). The average Bonchev–Trinajstić information content (AvgIpc) is 2.69. The number of ether oxygens (including phenoxy) is 1. The van der Waals surface area contributed by atoms with Gasteiger partial charge in [-0.25, -0.2) is 4.79 Å². The predicted molar refractivity (Wildman–Crippen MR) is 72.6 cm³/mol. The third kappa shape index (κ3) is 4.70. The number of nitrogens with zero attached hydrogens (tertiary/aromatic N) is 1. The van der Waals surface area contributed by atoms with Gasteiger partial charge in [0.2, 0.25) is 5.91 Å². The van der Waals surface area contributed by atoms with Crippen LogP contribution in [0.1, 0.15) is 42.1 Å². The first-order valence-electron chi connectivity index (χ1n) is 6.49. The van der Waals surface area contributed by atoms with Crippen LogP contribution < -0.4 is 0 Å². The van der Waals surface area contributed by atoms with E-state index in [1.807, 2.05) is 13.8 Å². The number of carbonyl (C=O) groups excluding carboxylic acids is 1. The van der Waals surface area contributed by atoms with Crippen LogP contribution >= 0.6 is 0 Å². The van der Waals surface area contributed by atoms with E-state index in [4.69, 9.17) is 14.3 Å². The largest absolute Gasteiger partial charge is 0.478 e. The molecule has 0 unspecified atom stereocenters. The van der Waals surface area contributed by atoms with Gasteiger partial charge >= 0.3 is 5.97 Å². The molecule has 0 aliphatic rings. The topological polar surface area (TPSA) is 80.0 Å². The van der Waals surface area contributed by atoms with Gasteiger partial charge in [-0.1, -0.05) is 0 Å². The average molecular weight is 283 g/mol. The normalized spacial score (nSPS) is 10.8. The van der Waals surface area contributed by atoms with Crippen molar-refractivity contribution in [1.82, 2.24) is 4.90 Å². The molecule has 0 bridgehead atoms. The zero-order valence-corrected chi connectivity index (χ0v) is 12.3. The Morgan fingerprint density at radius 3 is 2.60 bits per heavy atom. The number of carboxylic acids is 1. The molecule has 0 saturated heterocycles. The fourth-order valence-electron chi connectivity index (χ4n) is 1.73. The number of hydrogen-bond acceptors (Lipinski definition) is 4. The smallest absolute Gasteiger partial charge is 0.339 e. The van der Waals surface area contributed by atoms with E-state index >= 15 is 0 Å². The van der Waals surface area contributed by atoms with Crippen LogP contribution in [-0.2, 0) is 16.1 Å². The number of hydrogen-bond donors (Lipinski definition) is 1. The Bertz CT molecular complexity index is 478. The summed E-state index contributed by atoms with van der Waals surface area (Å²) in [5.41, 5.74) is 0.129. The number of rotatable bonds is 7. The lowest BCUT2D eigenvalue weighted by Crippen LogP contribution is -2.27. The molecule has 20 heavy (non-hydrogen) atoms. The van der Waals surface area contributed by atoms with Crippen molar-refractivity contribution in [1.29, 1.82) is 0 Å². The molecular formula is C14H21NO5. The number of furan rings is 1. The summed E-state index contributed by atoms with van der Waals surface area (Å²) in [4.78, 5) is 24.2. The second-order valence-electron chi connectivity index (χ2n) is 4.91. The molecular weight excluding hydrogens is 262 g/mol. The fraction of sp³-hybridized carbons (Fsp3) is 0.571. The van der Waals surface area contributed by atoms with Gasteiger partial charge in [-0.3, -0.25) is 4.79 Å². The van der Waals surface area contributed by atoms with Gasteiger partial charge in [0.15, 0.2) is 0 Å². The Labute approximate surface area is 118 Å². The zero-order valence-electron chi connectivity index (χ0n) is 12.3. The summed E-state index contributed by atoms with van der Waals surface area (Å²) >= 11 is 0. The summed E-state index contributed by atoms with van der Waals surface area (Å²) in [7, 11) is 1.65. The van der Waals surface area contributed by atoms with E-state index in [2.05, 4.69) is 0 Å². The van der Waals surface area contributed by atoms with Gasteiger partial charge in [0, 0.05) is 7.05 Å². The Balaban J connectivity index is 2.53. The monoisotopic (exact) mass is 283 g/mol. The van der Waals surface area contributed by atoms with Crippen LogP contribution in [0.4, 0.5) is 0 Å². The van der Waals surface area contributed by atoms with E-state index < -0.39 is 5.97 Å². The third-order valence-corrected chi connectivity index (χ3v) is 2.79. The molecule has 0 radical (unpaired) electrons. The molecule has 0 aliphatic heterocycles. The molecule has 0 aromatic carbocycles. The van der Waals surface area contributed by atoms with Gasteiger partial charge in [0.1, 0.15) is 17.1 Å². The van der Waals surface area contributed by atoms with Gasteiger partial charge in [-0.05, 0) is 26.8 Å². The Morgan fingerprint density at radius 1 is 1.45 bits per heavy atom. The van der Waals surface area contributed by atoms with E-state index in [0.717, 1.165) is 0 Å². The van der Waals surface area contributed by atoms with E-state index in [9.17, 15) is 9.59 Å². The lowest BCUT2D eigenvalue weighted by molar-refractivity contribution is -0.132. The van der Waals surface area contributed by atoms with Gasteiger partial charge in [0.05, 0.1) is 25.7 Å². The minimum atomic E-state index is -1.03. The van der Waals surface area contributed by atoms with Crippen LogP contribution in [-0.4, -0.2) is 41.6 Å². The maximum atomic E-state index is 11.8. The lowest BCUT2D eigenvalue weighted by atomic mass is 10.2. The van der Waals surface area contributed by atoms with Crippen molar-refractivity contribution in [3.63, 3.8) is 0 Å². The lowest BCUT2D eigenvalue weighted by Gasteiger charge is -2.16. The predicted octanol–water partition coefficient (Wildman–Crippen LogP) is 2.06. The minimum Gasteiger partial charge on any atom is -0.478 e. The molecule has 1 aromatic heterocycles. The zero-order chi connectivity index (χ0) is 15.3. The first-order valence-corrected chi connectivity index (χ1v) is 6.49. The minimum absolute atomic E-state index is 0.0726. The molecule has 6 nitrogen and oxygen atoms in total. The second kappa shape index (κ2) is 7.09. The molecule has 0 saturated carbocycles. The van der Waals surface area contributed by atoms with Crippen molar-refractivity contribution in [2.75, 3.05) is 13.7 Å². The highest BCUT2D eigenvalue weighted by Gasteiger charge is 2.16. The second-order valence-corrected chi connectivity index (χ2v) is 4.91. The van der Waals surface area contributed by atoms with E-state index in [0.29, 0.717) is 24.5 Å². The van der Waals surface area contributed by atoms with Crippen molar-refractivity contribution in [2.45, 2.75) is 39.8 Å². The molecule has 112 valence electrons. The van der Waals surface area contributed by atoms with Crippen LogP contribution in [0.2, 0.25) is 0 Å². The highest BCUT2D eigenvalue weighted by Crippen LogP contribution is 2.16. The fourth-order valence-corrected chi connectivity index (χ4v) is 1.73. The van der Waals surface area contributed by atoms with Crippen LogP contribution in [0.5, 0.6) is 0 Å². The summed E-state index contributed by atoms with van der Waals surface area (Å²) < 4.78 is 10.7. The van der Waals surface area contributed by atoms with E-state index in [-0.39, 0.29) is 24.1 Å². The Morgan fingerprint density at radius 2 is 2.10 bits per heavy atom. The van der Waals surface area contributed by atoms with Crippen molar-refractivity contribution in [2.24, 2.45) is 0 Å². The summed E-state index contributed by atoms with van der Waals surface area (Å²) in [6.07, 6.45) is 0.388. The molecule has 0 aliphatic carbocycles. The van der Waals surface area contributed by atoms with E-state index in [1.54, 1.807) is 14.0 Å². The number of aromatic carboxylic acids is 1. The standard InChI is InChI=1S/C14H21NO5/c1-9(2)19-6-5-13(16)15(4)8-11-7-12(14(17)18)10(3)20-11/h7,9H,5-6,8H2,1-4H3,(H,17,18). The van der Waals surface area contributed by atoms with Crippen molar-refractivity contribution in [3.05, 3.63) is 23.2 Å².